The van der Waals surface area contributed by atoms with Crippen LogP contribution in [0.25, 0.3) is 5.69 Å². The van der Waals surface area contributed by atoms with E-state index in [2.05, 4.69) is 75.8 Å². The average molecular weight is 347 g/mol. The number of para-hydroxylation sites is 1. The summed E-state index contributed by atoms with van der Waals surface area (Å²) in [5.74, 6) is 0. The van der Waals surface area contributed by atoms with E-state index in [1.807, 2.05) is 0 Å². The topological polar surface area (TPSA) is 46.0 Å². The Labute approximate surface area is 154 Å². The molecule has 1 aliphatic rings. The van der Waals surface area contributed by atoms with Gasteiger partial charge in [0, 0.05) is 31.4 Å². The van der Waals surface area contributed by atoms with Gasteiger partial charge in [-0.2, -0.15) is 5.10 Å². The van der Waals surface area contributed by atoms with E-state index in [0.29, 0.717) is 6.04 Å². The van der Waals surface area contributed by atoms with E-state index < -0.39 is 0 Å². The second-order valence-electron chi connectivity index (χ2n) is 6.72. The van der Waals surface area contributed by atoms with Gasteiger partial charge in [0.2, 0.25) is 0 Å². The number of aromatic nitrogens is 3. The molecule has 26 heavy (non-hydrogen) atoms. The van der Waals surface area contributed by atoms with Crippen LogP contribution in [-0.2, 0) is 6.54 Å². The van der Waals surface area contributed by atoms with Crippen LogP contribution < -0.4 is 10.2 Å². The number of rotatable bonds is 5. The molecule has 2 aromatic carbocycles. The highest BCUT2D eigenvalue weighted by Crippen LogP contribution is 2.32. The number of nitrogens with one attached hydrogen (secondary N) is 1. The molecule has 0 spiro atoms. The van der Waals surface area contributed by atoms with Crippen molar-refractivity contribution in [2.75, 3.05) is 18.0 Å². The Morgan fingerprint density at radius 2 is 2.08 bits per heavy atom. The predicted molar refractivity (Wildman–Crippen MR) is 105 cm³/mol. The molecule has 1 aliphatic heterocycles. The zero-order valence-corrected chi connectivity index (χ0v) is 15.2. The average Bonchev–Trinajstić information content (AvgIpc) is 3.17. The lowest BCUT2D eigenvalue weighted by molar-refractivity contribution is 0.495. The van der Waals surface area contributed by atoms with Crippen molar-refractivity contribution in [3.8, 4) is 5.69 Å². The Hall–Kier alpha value is -2.66. The summed E-state index contributed by atoms with van der Waals surface area (Å²) in [5, 5.41) is 8.00. The monoisotopic (exact) mass is 347 g/mol. The molecule has 5 nitrogen and oxygen atoms in total. The fourth-order valence-corrected chi connectivity index (χ4v) is 3.76. The standard InChI is InChI=1S/C21H25N5/c1-2-25-12-6-10-20(19-9-3-4-11-21(19)25)23-14-17-7-5-8-18(13-17)26-16-22-15-24-26/h3-5,7-9,11,13,15-16,20,23H,2,6,10,12,14H2,1H3. The lowest BCUT2D eigenvalue weighted by Crippen LogP contribution is -2.24. The summed E-state index contributed by atoms with van der Waals surface area (Å²) in [7, 11) is 0. The third-order valence-corrected chi connectivity index (χ3v) is 5.10. The van der Waals surface area contributed by atoms with Crippen molar-refractivity contribution in [2.45, 2.75) is 32.4 Å². The van der Waals surface area contributed by atoms with E-state index in [1.54, 1.807) is 17.3 Å². The Bertz CT molecular complexity index is 843. The molecule has 0 saturated carbocycles. The normalized spacial score (nSPS) is 17.0. The predicted octanol–water partition coefficient (Wildman–Crippen LogP) is 3.72. The number of benzene rings is 2. The summed E-state index contributed by atoms with van der Waals surface area (Å²) in [6, 6.07) is 17.7. The highest BCUT2D eigenvalue weighted by molar-refractivity contribution is 5.55. The molecule has 4 rings (SSSR count). The lowest BCUT2D eigenvalue weighted by atomic mass is 10.0. The van der Waals surface area contributed by atoms with Crippen molar-refractivity contribution in [1.82, 2.24) is 20.1 Å². The minimum Gasteiger partial charge on any atom is -0.372 e. The summed E-state index contributed by atoms with van der Waals surface area (Å²) in [6.45, 7) is 5.27. The van der Waals surface area contributed by atoms with Crippen molar-refractivity contribution < 1.29 is 0 Å². The first-order valence-corrected chi connectivity index (χ1v) is 9.36. The molecule has 1 unspecified atom stereocenters. The van der Waals surface area contributed by atoms with E-state index >= 15 is 0 Å². The first-order valence-electron chi connectivity index (χ1n) is 9.36. The zero-order valence-electron chi connectivity index (χ0n) is 15.2. The van der Waals surface area contributed by atoms with Crippen LogP contribution >= 0.6 is 0 Å². The number of anilines is 1. The Morgan fingerprint density at radius 3 is 2.92 bits per heavy atom. The fourth-order valence-electron chi connectivity index (χ4n) is 3.76. The molecule has 0 saturated heterocycles. The third-order valence-electron chi connectivity index (χ3n) is 5.10. The minimum absolute atomic E-state index is 0.387. The van der Waals surface area contributed by atoms with Crippen LogP contribution in [0.5, 0.6) is 0 Å². The molecule has 1 aromatic heterocycles. The van der Waals surface area contributed by atoms with E-state index in [4.69, 9.17) is 0 Å². The molecule has 2 heterocycles. The zero-order chi connectivity index (χ0) is 17.8. The first-order chi connectivity index (χ1) is 12.8. The van der Waals surface area contributed by atoms with Crippen LogP contribution in [0.1, 0.15) is 36.9 Å². The van der Waals surface area contributed by atoms with Gasteiger partial charge in [-0.1, -0.05) is 30.3 Å². The van der Waals surface area contributed by atoms with Crippen LogP contribution in [-0.4, -0.2) is 27.9 Å². The van der Waals surface area contributed by atoms with Gasteiger partial charge in [0.25, 0.3) is 0 Å². The summed E-state index contributed by atoms with van der Waals surface area (Å²) in [5.41, 5.74) is 5.09. The quantitative estimate of drug-likeness (QED) is 0.764. The van der Waals surface area contributed by atoms with Crippen molar-refractivity contribution in [3.05, 3.63) is 72.3 Å². The van der Waals surface area contributed by atoms with Crippen molar-refractivity contribution in [1.29, 1.82) is 0 Å². The highest BCUT2D eigenvalue weighted by Gasteiger charge is 2.21. The maximum Gasteiger partial charge on any atom is 0.138 e. The molecule has 5 heteroatoms. The highest BCUT2D eigenvalue weighted by atomic mass is 15.3. The van der Waals surface area contributed by atoms with Crippen LogP contribution in [0.3, 0.4) is 0 Å². The van der Waals surface area contributed by atoms with Crippen molar-refractivity contribution in [3.63, 3.8) is 0 Å². The Morgan fingerprint density at radius 1 is 1.15 bits per heavy atom. The molecule has 0 radical (unpaired) electrons. The van der Waals surface area contributed by atoms with Crippen molar-refractivity contribution in [2.24, 2.45) is 0 Å². The summed E-state index contributed by atoms with van der Waals surface area (Å²) in [6.07, 6.45) is 5.66. The van der Waals surface area contributed by atoms with E-state index in [-0.39, 0.29) is 0 Å². The Kier molecular flexibility index (Phi) is 4.97. The van der Waals surface area contributed by atoms with Gasteiger partial charge in [-0.3, -0.25) is 0 Å². The maximum atomic E-state index is 4.22. The smallest absolute Gasteiger partial charge is 0.138 e. The molecule has 0 bridgehead atoms. The van der Waals surface area contributed by atoms with Crippen molar-refractivity contribution >= 4 is 5.69 Å². The van der Waals surface area contributed by atoms with Gasteiger partial charge in [0.05, 0.1) is 5.69 Å². The van der Waals surface area contributed by atoms with Crippen LogP contribution in [0, 0.1) is 0 Å². The lowest BCUT2D eigenvalue weighted by Gasteiger charge is -2.24. The molecule has 3 aromatic rings. The van der Waals surface area contributed by atoms with Gasteiger partial charge in [-0.05, 0) is 49.1 Å². The molecule has 1 atom stereocenters. The summed E-state index contributed by atoms with van der Waals surface area (Å²) < 4.78 is 1.80. The molecular weight excluding hydrogens is 322 g/mol. The molecule has 134 valence electrons. The van der Waals surface area contributed by atoms with Gasteiger partial charge in [0.15, 0.2) is 0 Å². The SMILES string of the molecule is CCN1CCCC(NCc2cccc(-n3cncn3)c2)c2ccccc21. The molecule has 0 fully saturated rings. The van der Waals surface area contributed by atoms with Gasteiger partial charge >= 0.3 is 0 Å². The van der Waals surface area contributed by atoms with Gasteiger partial charge in [-0.15, -0.1) is 0 Å². The van der Waals surface area contributed by atoms with Gasteiger partial charge in [0.1, 0.15) is 12.7 Å². The summed E-state index contributed by atoms with van der Waals surface area (Å²) in [4.78, 5) is 6.52. The van der Waals surface area contributed by atoms with E-state index in [1.165, 1.54) is 23.2 Å². The number of fused-ring (bicyclic) bond motifs is 1. The van der Waals surface area contributed by atoms with Gasteiger partial charge < -0.3 is 10.2 Å². The van der Waals surface area contributed by atoms with E-state index in [0.717, 1.165) is 31.7 Å². The largest absolute Gasteiger partial charge is 0.372 e. The number of hydrogen-bond donors (Lipinski definition) is 1. The second kappa shape index (κ2) is 7.70. The minimum atomic E-state index is 0.387. The van der Waals surface area contributed by atoms with Crippen LogP contribution in [0.15, 0.2) is 61.2 Å². The first kappa shape index (κ1) is 16.8. The second-order valence-corrected chi connectivity index (χ2v) is 6.72. The third kappa shape index (κ3) is 3.48. The van der Waals surface area contributed by atoms with Crippen LogP contribution in [0.4, 0.5) is 5.69 Å². The maximum absolute atomic E-state index is 4.22. The molecular formula is C21H25N5. The number of nitrogens with zero attached hydrogens (tertiary/aromatic N) is 4. The van der Waals surface area contributed by atoms with E-state index in [9.17, 15) is 0 Å². The molecule has 0 aliphatic carbocycles. The summed E-state index contributed by atoms with van der Waals surface area (Å²) >= 11 is 0. The fraction of sp³-hybridized carbons (Fsp3) is 0.333. The molecule has 1 N–H and O–H groups in total. The van der Waals surface area contributed by atoms with Gasteiger partial charge in [-0.25, -0.2) is 9.67 Å². The van der Waals surface area contributed by atoms with Crippen LogP contribution in [0.2, 0.25) is 0 Å². The molecule has 0 amide bonds. The Balaban J connectivity index is 1.52. The number of hydrogen-bond acceptors (Lipinski definition) is 4.